The zero-order valence-corrected chi connectivity index (χ0v) is 11.1. The SMILES string of the molecule is CC(N)Cc1nccn1Cc1ncnn1C(C)C. The van der Waals surface area contributed by atoms with E-state index in [9.17, 15) is 0 Å². The smallest absolute Gasteiger partial charge is 0.147 e. The van der Waals surface area contributed by atoms with E-state index in [1.807, 2.05) is 17.8 Å². The van der Waals surface area contributed by atoms with Crippen LogP contribution in [0.25, 0.3) is 0 Å². The normalized spacial score (nSPS) is 13.2. The molecule has 1 unspecified atom stereocenters. The van der Waals surface area contributed by atoms with Crippen molar-refractivity contribution >= 4 is 0 Å². The fourth-order valence-corrected chi connectivity index (χ4v) is 1.93. The highest BCUT2D eigenvalue weighted by Gasteiger charge is 2.11. The molecule has 18 heavy (non-hydrogen) atoms. The van der Waals surface area contributed by atoms with Crippen LogP contribution in [0.4, 0.5) is 0 Å². The number of hydrogen-bond donors (Lipinski definition) is 1. The van der Waals surface area contributed by atoms with E-state index in [2.05, 4.69) is 33.5 Å². The largest absolute Gasteiger partial charge is 0.328 e. The maximum absolute atomic E-state index is 5.82. The average Bonchev–Trinajstić information content (AvgIpc) is 2.88. The van der Waals surface area contributed by atoms with Gasteiger partial charge >= 0.3 is 0 Å². The fourth-order valence-electron chi connectivity index (χ4n) is 1.93. The molecule has 6 nitrogen and oxygen atoms in total. The quantitative estimate of drug-likeness (QED) is 0.856. The second-order valence-corrected chi connectivity index (χ2v) is 4.87. The van der Waals surface area contributed by atoms with Crippen molar-refractivity contribution in [3.8, 4) is 0 Å². The molecule has 0 radical (unpaired) electrons. The fraction of sp³-hybridized carbons (Fsp3) is 0.583. The average molecular weight is 248 g/mol. The number of aromatic nitrogens is 5. The Balaban J connectivity index is 2.18. The number of hydrogen-bond acceptors (Lipinski definition) is 4. The molecule has 2 aromatic rings. The molecular weight excluding hydrogens is 228 g/mol. The van der Waals surface area contributed by atoms with E-state index in [0.29, 0.717) is 12.6 Å². The van der Waals surface area contributed by atoms with Crippen LogP contribution in [0.1, 0.15) is 38.5 Å². The van der Waals surface area contributed by atoms with Crippen LogP contribution in [0.2, 0.25) is 0 Å². The van der Waals surface area contributed by atoms with E-state index in [1.54, 1.807) is 12.5 Å². The number of nitrogens with zero attached hydrogens (tertiary/aromatic N) is 5. The van der Waals surface area contributed by atoms with E-state index >= 15 is 0 Å². The van der Waals surface area contributed by atoms with Crippen molar-refractivity contribution in [1.29, 1.82) is 0 Å². The zero-order valence-electron chi connectivity index (χ0n) is 11.1. The monoisotopic (exact) mass is 248 g/mol. The molecule has 1 atom stereocenters. The van der Waals surface area contributed by atoms with Crippen molar-refractivity contribution in [3.63, 3.8) is 0 Å². The first-order valence-electron chi connectivity index (χ1n) is 6.22. The molecule has 2 rings (SSSR count). The molecule has 0 spiro atoms. The van der Waals surface area contributed by atoms with Crippen molar-refractivity contribution in [1.82, 2.24) is 24.3 Å². The van der Waals surface area contributed by atoms with E-state index in [4.69, 9.17) is 5.73 Å². The maximum Gasteiger partial charge on any atom is 0.147 e. The molecule has 6 heteroatoms. The van der Waals surface area contributed by atoms with E-state index in [0.717, 1.165) is 18.1 Å². The van der Waals surface area contributed by atoms with E-state index in [-0.39, 0.29) is 6.04 Å². The minimum absolute atomic E-state index is 0.106. The molecule has 0 amide bonds. The van der Waals surface area contributed by atoms with Crippen LogP contribution in [0.3, 0.4) is 0 Å². The van der Waals surface area contributed by atoms with Gasteiger partial charge < -0.3 is 10.3 Å². The van der Waals surface area contributed by atoms with Gasteiger partial charge in [0.1, 0.15) is 18.0 Å². The number of nitrogens with two attached hydrogens (primary N) is 1. The Hall–Kier alpha value is -1.69. The van der Waals surface area contributed by atoms with E-state index in [1.165, 1.54) is 0 Å². The van der Waals surface area contributed by atoms with Gasteiger partial charge in [-0.25, -0.2) is 14.6 Å². The van der Waals surface area contributed by atoms with Gasteiger partial charge in [0.15, 0.2) is 0 Å². The van der Waals surface area contributed by atoms with E-state index < -0.39 is 0 Å². The number of rotatable bonds is 5. The second kappa shape index (κ2) is 5.30. The highest BCUT2D eigenvalue weighted by molar-refractivity contribution is 4.99. The van der Waals surface area contributed by atoms with Crippen molar-refractivity contribution in [2.75, 3.05) is 0 Å². The summed E-state index contributed by atoms with van der Waals surface area (Å²) in [5.74, 6) is 1.93. The van der Waals surface area contributed by atoms with Crippen molar-refractivity contribution in [2.24, 2.45) is 5.73 Å². The Morgan fingerprint density at radius 2 is 2.00 bits per heavy atom. The van der Waals surface area contributed by atoms with Gasteiger partial charge in [0, 0.05) is 30.9 Å². The van der Waals surface area contributed by atoms with Crippen LogP contribution in [-0.4, -0.2) is 30.4 Å². The topological polar surface area (TPSA) is 74.6 Å². The van der Waals surface area contributed by atoms with Gasteiger partial charge in [-0.1, -0.05) is 0 Å². The lowest BCUT2D eigenvalue weighted by molar-refractivity contribution is 0.492. The molecule has 0 fully saturated rings. The predicted octanol–water partition coefficient (Wildman–Crippen LogP) is 0.993. The minimum Gasteiger partial charge on any atom is -0.328 e. The standard InChI is InChI=1S/C12H20N6/c1-9(2)18-12(15-8-16-18)7-17-5-4-14-11(17)6-10(3)13/h4-5,8-10H,6-7,13H2,1-3H3. The van der Waals surface area contributed by atoms with Gasteiger partial charge in [0.05, 0.1) is 6.54 Å². The third-order valence-electron chi connectivity index (χ3n) is 2.75. The lowest BCUT2D eigenvalue weighted by atomic mass is 10.2. The summed E-state index contributed by atoms with van der Waals surface area (Å²) in [5, 5.41) is 4.23. The van der Waals surface area contributed by atoms with Crippen LogP contribution in [0, 0.1) is 0 Å². The highest BCUT2D eigenvalue weighted by Crippen LogP contribution is 2.09. The Kier molecular flexibility index (Phi) is 3.76. The summed E-state index contributed by atoms with van der Waals surface area (Å²) in [6, 6.07) is 0.414. The molecule has 98 valence electrons. The van der Waals surface area contributed by atoms with Gasteiger partial charge in [0.25, 0.3) is 0 Å². The molecule has 2 heterocycles. The van der Waals surface area contributed by atoms with Gasteiger partial charge in [-0.15, -0.1) is 0 Å². The molecular formula is C12H20N6. The molecule has 0 bridgehead atoms. The Morgan fingerprint density at radius 3 is 2.67 bits per heavy atom. The minimum atomic E-state index is 0.106. The first-order valence-corrected chi connectivity index (χ1v) is 6.22. The summed E-state index contributed by atoms with van der Waals surface area (Å²) in [4.78, 5) is 8.64. The van der Waals surface area contributed by atoms with Gasteiger partial charge in [-0.05, 0) is 20.8 Å². The maximum atomic E-state index is 5.82. The second-order valence-electron chi connectivity index (χ2n) is 4.87. The van der Waals surface area contributed by atoms with Crippen LogP contribution >= 0.6 is 0 Å². The predicted molar refractivity (Wildman–Crippen MR) is 69.1 cm³/mol. The first-order chi connectivity index (χ1) is 8.58. The van der Waals surface area contributed by atoms with Crippen molar-refractivity contribution in [2.45, 2.75) is 45.8 Å². The van der Waals surface area contributed by atoms with Crippen LogP contribution < -0.4 is 5.73 Å². The molecule has 2 N–H and O–H groups in total. The summed E-state index contributed by atoms with van der Waals surface area (Å²) in [5.41, 5.74) is 5.82. The van der Waals surface area contributed by atoms with Gasteiger partial charge in [-0.3, -0.25) is 0 Å². The third kappa shape index (κ3) is 2.76. The van der Waals surface area contributed by atoms with Gasteiger partial charge in [0.2, 0.25) is 0 Å². The summed E-state index contributed by atoms with van der Waals surface area (Å²) < 4.78 is 4.00. The summed E-state index contributed by atoms with van der Waals surface area (Å²) >= 11 is 0. The van der Waals surface area contributed by atoms with Crippen molar-refractivity contribution in [3.05, 3.63) is 30.4 Å². The summed E-state index contributed by atoms with van der Waals surface area (Å²) in [6.07, 6.45) is 6.12. The van der Waals surface area contributed by atoms with Gasteiger partial charge in [-0.2, -0.15) is 5.10 Å². The molecule has 0 aliphatic rings. The lowest BCUT2D eigenvalue weighted by Gasteiger charge is -2.12. The van der Waals surface area contributed by atoms with Crippen LogP contribution in [0.15, 0.2) is 18.7 Å². The van der Waals surface area contributed by atoms with Crippen LogP contribution in [-0.2, 0) is 13.0 Å². The molecule has 0 saturated carbocycles. The Bertz CT molecular complexity index is 496. The molecule has 0 aliphatic heterocycles. The van der Waals surface area contributed by atoms with Crippen LogP contribution in [0.5, 0.6) is 0 Å². The zero-order chi connectivity index (χ0) is 13.1. The summed E-state index contributed by atoms with van der Waals surface area (Å²) in [6.45, 7) is 6.85. The van der Waals surface area contributed by atoms with Crippen molar-refractivity contribution < 1.29 is 0 Å². The first kappa shape index (κ1) is 12.8. The molecule has 2 aromatic heterocycles. The Morgan fingerprint density at radius 1 is 1.22 bits per heavy atom. The lowest BCUT2D eigenvalue weighted by Crippen LogP contribution is -2.21. The third-order valence-corrected chi connectivity index (χ3v) is 2.75. The highest BCUT2D eigenvalue weighted by atomic mass is 15.4. The molecule has 0 aliphatic carbocycles. The molecule has 0 aromatic carbocycles. The molecule has 0 saturated heterocycles. The summed E-state index contributed by atoms with van der Waals surface area (Å²) in [7, 11) is 0. The number of imidazole rings is 1. The Labute approximate surface area is 107 Å².